The number of nitrogens with one attached hydrogen (secondary N) is 1. The maximum atomic E-state index is 10.7. The van der Waals surface area contributed by atoms with Gasteiger partial charge in [0.05, 0.1) is 11.3 Å². The van der Waals surface area contributed by atoms with Gasteiger partial charge in [0.25, 0.3) is 0 Å². The molecule has 0 unspecified atom stereocenters. The van der Waals surface area contributed by atoms with Gasteiger partial charge in [-0.05, 0) is 6.92 Å². The van der Waals surface area contributed by atoms with Crippen LogP contribution in [-0.2, 0) is 4.79 Å². The molecule has 0 aliphatic carbocycles. The van der Waals surface area contributed by atoms with Gasteiger partial charge in [-0.3, -0.25) is 4.79 Å². The molecular weight excluding hydrogens is 212 g/mol. The van der Waals surface area contributed by atoms with E-state index in [1.54, 1.807) is 6.92 Å². The smallest absolute Gasteiger partial charge is 0.339 e. The molecule has 0 aliphatic heterocycles. The third kappa shape index (κ3) is 3.19. The summed E-state index contributed by atoms with van der Waals surface area (Å²) < 4.78 is 0. The van der Waals surface area contributed by atoms with E-state index in [-0.39, 0.29) is 17.9 Å². The van der Waals surface area contributed by atoms with Crippen molar-refractivity contribution in [3.63, 3.8) is 0 Å². The molecule has 1 aromatic rings. The minimum absolute atomic E-state index is 0.0560. The second kappa shape index (κ2) is 5.06. The lowest BCUT2D eigenvalue weighted by Crippen LogP contribution is -2.17. The molecule has 1 aromatic heterocycles. The van der Waals surface area contributed by atoms with Gasteiger partial charge in [-0.2, -0.15) is 0 Å². The monoisotopic (exact) mass is 224 g/mol. The first-order valence-electron chi connectivity index (χ1n) is 4.60. The van der Waals surface area contributed by atoms with Crippen LogP contribution in [0.3, 0.4) is 0 Å². The topological polar surface area (TPSA) is 118 Å². The van der Waals surface area contributed by atoms with Crippen molar-refractivity contribution in [1.29, 1.82) is 0 Å². The van der Waals surface area contributed by atoms with Crippen molar-refractivity contribution in [1.82, 2.24) is 9.97 Å². The minimum atomic E-state index is -1.07. The summed E-state index contributed by atoms with van der Waals surface area (Å²) in [5.74, 6) is -1.21. The van der Waals surface area contributed by atoms with Gasteiger partial charge in [-0.25, -0.2) is 14.8 Å². The number of nitrogens with two attached hydrogens (primary N) is 1. The van der Waals surface area contributed by atoms with Crippen LogP contribution in [0, 0.1) is 6.92 Å². The second-order valence-electron chi connectivity index (χ2n) is 3.14. The first-order chi connectivity index (χ1) is 7.50. The van der Waals surface area contributed by atoms with Gasteiger partial charge < -0.3 is 16.2 Å². The Balaban J connectivity index is 2.66. The molecule has 86 valence electrons. The molecule has 0 atom stereocenters. The minimum Gasteiger partial charge on any atom is -0.478 e. The van der Waals surface area contributed by atoms with Crippen molar-refractivity contribution in [3.05, 3.63) is 17.5 Å². The molecule has 0 fully saturated rings. The Hall–Kier alpha value is -2.18. The van der Waals surface area contributed by atoms with Crippen LogP contribution < -0.4 is 11.1 Å². The summed E-state index contributed by atoms with van der Waals surface area (Å²) in [6, 6.07) is 0. The molecule has 0 aliphatic rings. The third-order valence-electron chi connectivity index (χ3n) is 1.86. The molecule has 7 nitrogen and oxygen atoms in total. The number of carbonyl (C=O) groups is 2. The molecule has 0 bridgehead atoms. The van der Waals surface area contributed by atoms with E-state index in [0.29, 0.717) is 12.2 Å². The number of primary amides is 1. The Morgan fingerprint density at radius 1 is 1.56 bits per heavy atom. The van der Waals surface area contributed by atoms with E-state index in [0.717, 1.165) is 0 Å². The highest BCUT2D eigenvalue weighted by atomic mass is 16.4. The molecule has 1 heterocycles. The Bertz CT molecular complexity index is 419. The molecule has 0 radical (unpaired) electrons. The average molecular weight is 224 g/mol. The second-order valence-corrected chi connectivity index (χ2v) is 3.14. The average Bonchev–Trinajstić information content (AvgIpc) is 2.16. The van der Waals surface area contributed by atoms with Crippen LogP contribution in [0.15, 0.2) is 6.20 Å². The van der Waals surface area contributed by atoms with Gasteiger partial charge >= 0.3 is 5.97 Å². The van der Waals surface area contributed by atoms with Gasteiger partial charge in [-0.1, -0.05) is 0 Å². The first-order valence-corrected chi connectivity index (χ1v) is 4.60. The summed E-state index contributed by atoms with van der Waals surface area (Å²) in [7, 11) is 0. The fraction of sp³-hybridized carbons (Fsp3) is 0.333. The highest BCUT2D eigenvalue weighted by Gasteiger charge is 2.09. The van der Waals surface area contributed by atoms with Crippen LogP contribution in [0.4, 0.5) is 5.95 Å². The Labute approximate surface area is 91.7 Å². The van der Waals surface area contributed by atoms with Crippen molar-refractivity contribution < 1.29 is 14.7 Å². The zero-order valence-corrected chi connectivity index (χ0v) is 8.73. The number of hydrogen-bond acceptors (Lipinski definition) is 5. The summed E-state index contributed by atoms with van der Waals surface area (Å²) in [5.41, 5.74) is 5.37. The van der Waals surface area contributed by atoms with Crippen LogP contribution in [0.25, 0.3) is 0 Å². The molecule has 0 aromatic carbocycles. The van der Waals surface area contributed by atoms with Crippen molar-refractivity contribution >= 4 is 17.8 Å². The number of anilines is 1. The van der Waals surface area contributed by atoms with E-state index in [1.807, 2.05) is 0 Å². The van der Waals surface area contributed by atoms with E-state index >= 15 is 0 Å². The Morgan fingerprint density at radius 2 is 2.25 bits per heavy atom. The summed E-state index contributed by atoms with van der Waals surface area (Å²) >= 11 is 0. The van der Waals surface area contributed by atoms with E-state index in [2.05, 4.69) is 15.3 Å². The van der Waals surface area contributed by atoms with Crippen LogP contribution in [0.2, 0.25) is 0 Å². The van der Waals surface area contributed by atoms with Crippen LogP contribution in [-0.4, -0.2) is 33.5 Å². The SMILES string of the molecule is Cc1nc(NCCC(N)=O)ncc1C(=O)O. The highest BCUT2D eigenvalue weighted by Crippen LogP contribution is 2.06. The van der Waals surface area contributed by atoms with Crippen LogP contribution in [0.5, 0.6) is 0 Å². The van der Waals surface area contributed by atoms with Gasteiger partial charge in [-0.15, -0.1) is 0 Å². The number of nitrogens with zero attached hydrogens (tertiary/aromatic N) is 2. The summed E-state index contributed by atoms with van der Waals surface area (Å²) in [6.45, 7) is 1.89. The largest absolute Gasteiger partial charge is 0.478 e. The zero-order chi connectivity index (χ0) is 12.1. The molecule has 7 heteroatoms. The van der Waals surface area contributed by atoms with Crippen molar-refractivity contribution in [3.8, 4) is 0 Å². The molecule has 16 heavy (non-hydrogen) atoms. The van der Waals surface area contributed by atoms with E-state index < -0.39 is 11.9 Å². The summed E-state index contributed by atoms with van der Waals surface area (Å²) in [5, 5.41) is 11.5. The van der Waals surface area contributed by atoms with Crippen molar-refractivity contribution in [2.24, 2.45) is 5.73 Å². The molecule has 1 rings (SSSR count). The fourth-order valence-corrected chi connectivity index (χ4v) is 1.06. The van der Waals surface area contributed by atoms with E-state index in [9.17, 15) is 9.59 Å². The maximum absolute atomic E-state index is 10.7. The normalized spacial score (nSPS) is 9.81. The van der Waals surface area contributed by atoms with Crippen molar-refractivity contribution in [2.75, 3.05) is 11.9 Å². The maximum Gasteiger partial charge on any atom is 0.339 e. The number of rotatable bonds is 5. The zero-order valence-electron chi connectivity index (χ0n) is 8.73. The van der Waals surface area contributed by atoms with Crippen LogP contribution in [0.1, 0.15) is 22.5 Å². The predicted molar refractivity (Wildman–Crippen MR) is 56.0 cm³/mol. The van der Waals surface area contributed by atoms with E-state index in [4.69, 9.17) is 10.8 Å². The van der Waals surface area contributed by atoms with Gasteiger partial charge in [0.15, 0.2) is 0 Å². The summed E-state index contributed by atoms with van der Waals surface area (Å²) in [6.07, 6.45) is 1.39. The van der Waals surface area contributed by atoms with Gasteiger partial charge in [0, 0.05) is 19.2 Å². The molecular formula is C9H12N4O3. The number of hydrogen-bond donors (Lipinski definition) is 3. The number of carboxylic acids is 1. The first kappa shape index (κ1) is 11.9. The standard InChI is InChI=1S/C9H12N4O3/c1-5-6(8(15)16)4-12-9(13-5)11-3-2-7(10)14/h4H,2-3H2,1H3,(H2,10,14)(H,15,16)(H,11,12,13). The van der Waals surface area contributed by atoms with Crippen molar-refractivity contribution in [2.45, 2.75) is 13.3 Å². The molecule has 0 saturated carbocycles. The quantitative estimate of drug-likeness (QED) is 0.635. The number of aromatic nitrogens is 2. The van der Waals surface area contributed by atoms with Gasteiger partial charge in [0.2, 0.25) is 11.9 Å². The molecule has 0 spiro atoms. The Morgan fingerprint density at radius 3 is 2.75 bits per heavy atom. The molecule has 4 N–H and O–H groups in total. The van der Waals surface area contributed by atoms with Gasteiger partial charge in [0.1, 0.15) is 0 Å². The lowest BCUT2D eigenvalue weighted by Gasteiger charge is -2.05. The molecule has 1 amide bonds. The summed E-state index contributed by atoms with van der Waals surface area (Å²) in [4.78, 5) is 28.9. The number of aromatic carboxylic acids is 1. The van der Waals surface area contributed by atoms with E-state index in [1.165, 1.54) is 6.20 Å². The lowest BCUT2D eigenvalue weighted by atomic mass is 10.2. The predicted octanol–water partition coefficient (Wildman–Crippen LogP) is -0.229. The number of carboxylic acid groups (broad SMARTS) is 1. The highest BCUT2D eigenvalue weighted by molar-refractivity contribution is 5.88. The third-order valence-corrected chi connectivity index (χ3v) is 1.86. The molecule has 0 saturated heterocycles. The lowest BCUT2D eigenvalue weighted by molar-refractivity contribution is -0.117. The van der Waals surface area contributed by atoms with Crippen LogP contribution >= 0.6 is 0 Å². The number of carbonyl (C=O) groups excluding carboxylic acids is 1. The fourth-order valence-electron chi connectivity index (χ4n) is 1.06. The number of aryl methyl sites for hydroxylation is 1. The number of amides is 1. The Kier molecular flexibility index (Phi) is 3.76.